The first-order valence-corrected chi connectivity index (χ1v) is 15.2. The van der Waals surface area contributed by atoms with Crippen LogP contribution in [-0.2, 0) is 22.6 Å². The summed E-state index contributed by atoms with van der Waals surface area (Å²) in [4.78, 5) is 14.7. The van der Waals surface area contributed by atoms with Crippen molar-refractivity contribution in [1.29, 1.82) is 0 Å². The van der Waals surface area contributed by atoms with Gasteiger partial charge in [0, 0.05) is 42.4 Å². The number of amides is 1. The number of rotatable bonds is 5. The van der Waals surface area contributed by atoms with E-state index in [1.165, 1.54) is 33.8 Å². The molecule has 1 fully saturated rings. The molecule has 5 heterocycles. The van der Waals surface area contributed by atoms with Gasteiger partial charge in [0.05, 0.1) is 17.4 Å². The van der Waals surface area contributed by atoms with Gasteiger partial charge < -0.3 is 18.9 Å². The highest BCUT2D eigenvalue weighted by molar-refractivity contribution is 7.89. The number of carbonyl (C=O) groups excluding carboxylic acids is 1. The zero-order valence-corrected chi connectivity index (χ0v) is 24.6. The third-order valence-corrected chi connectivity index (χ3v) is 10.6. The van der Waals surface area contributed by atoms with E-state index < -0.39 is 39.9 Å². The largest absolute Gasteiger partial charge is 0.454 e. The van der Waals surface area contributed by atoms with Gasteiger partial charge in [0.2, 0.25) is 16.8 Å². The quantitative estimate of drug-likeness (QED) is 0.304. The lowest BCUT2D eigenvalue weighted by Gasteiger charge is -2.34. The Bertz CT molecular complexity index is 1920. The Kier molecular flexibility index (Phi) is 6.34. The molecule has 3 aliphatic heterocycles. The second kappa shape index (κ2) is 9.82. The third-order valence-electron chi connectivity index (χ3n) is 8.38. The van der Waals surface area contributed by atoms with Crippen LogP contribution in [0.3, 0.4) is 0 Å². The highest BCUT2D eigenvalue weighted by atomic mass is 32.2. The van der Waals surface area contributed by atoms with E-state index in [1.54, 1.807) is 43.4 Å². The SMILES string of the molecule is Cc1noc(C)c1S(=O)(=O)N1C2CC[C@@H]1Cc1c2c(C(F)(F)F)nn1-c1cccc(C(=O)N(C)c2ccc3c(c2)OCO3)c1. The lowest BCUT2D eigenvalue weighted by atomic mass is 9.99. The fraction of sp³-hybridized carbons (Fsp3) is 0.345. The molecule has 15 heteroatoms. The normalized spacial score (nSPS) is 19.3. The number of anilines is 1. The molecule has 2 bridgehead atoms. The van der Waals surface area contributed by atoms with Gasteiger partial charge in [-0.2, -0.15) is 22.6 Å². The number of hydrogen-bond acceptors (Lipinski definition) is 8. The van der Waals surface area contributed by atoms with Crippen LogP contribution < -0.4 is 14.4 Å². The Labute approximate surface area is 249 Å². The van der Waals surface area contributed by atoms with Crippen LogP contribution in [0.15, 0.2) is 51.9 Å². The van der Waals surface area contributed by atoms with Gasteiger partial charge in [0.25, 0.3) is 5.91 Å². The smallest absolute Gasteiger partial charge is 0.435 e. The predicted molar refractivity (Wildman–Crippen MR) is 148 cm³/mol. The molecule has 11 nitrogen and oxygen atoms in total. The fourth-order valence-electron chi connectivity index (χ4n) is 6.47. The molecule has 1 amide bonds. The summed E-state index contributed by atoms with van der Waals surface area (Å²) < 4.78 is 89.3. The van der Waals surface area contributed by atoms with E-state index in [-0.39, 0.29) is 58.5 Å². The maximum absolute atomic E-state index is 14.5. The molecule has 0 aliphatic carbocycles. The van der Waals surface area contributed by atoms with Crippen molar-refractivity contribution in [1.82, 2.24) is 19.2 Å². The van der Waals surface area contributed by atoms with Crippen molar-refractivity contribution >= 4 is 21.6 Å². The number of aromatic nitrogens is 3. The van der Waals surface area contributed by atoms with Gasteiger partial charge in [0.15, 0.2) is 23.0 Å². The number of hydrogen-bond donors (Lipinski definition) is 0. The van der Waals surface area contributed by atoms with Gasteiger partial charge in [-0.25, -0.2) is 13.1 Å². The summed E-state index contributed by atoms with van der Waals surface area (Å²) in [6.07, 6.45) is -4.27. The van der Waals surface area contributed by atoms with Crippen LogP contribution in [0, 0.1) is 13.8 Å². The summed E-state index contributed by atoms with van der Waals surface area (Å²) >= 11 is 0. The van der Waals surface area contributed by atoms with E-state index in [9.17, 15) is 26.4 Å². The van der Waals surface area contributed by atoms with Crippen molar-refractivity contribution < 1.29 is 40.4 Å². The number of benzene rings is 2. The summed E-state index contributed by atoms with van der Waals surface area (Å²) in [7, 11) is -2.65. The number of nitrogens with zero attached hydrogens (tertiary/aromatic N) is 5. The number of ether oxygens (including phenoxy) is 2. The number of alkyl halides is 3. The number of halogens is 3. The monoisotopic (exact) mass is 629 g/mol. The van der Waals surface area contributed by atoms with Gasteiger partial charge in [-0.3, -0.25) is 4.79 Å². The second-order valence-corrected chi connectivity index (χ2v) is 12.8. The Morgan fingerprint density at radius 1 is 1.07 bits per heavy atom. The minimum atomic E-state index is -4.85. The van der Waals surface area contributed by atoms with E-state index in [4.69, 9.17) is 14.0 Å². The van der Waals surface area contributed by atoms with Crippen LogP contribution in [0.4, 0.5) is 18.9 Å². The van der Waals surface area contributed by atoms with Gasteiger partial charge >= 0.3 is 6.18 Å². The first-order chi connectivity index (χ1) is 20.9. The molecule has 44 heavy (non-hydrogen) atoms. The molecular weight excluding hydrogens is 603 g/mol. The predicted octanol–water partition coefficient (Wildman–Crippen LogP) is 4.95. The summed E-state index contributed by atoms with van der Waals surface area (Å²) in [6.45, 7) is 3.03. The Balaban J connectivity index is 1.28. The molecule has 3 aliphatic rings. The molecular formula is C29H26F3N5O6S. The molecule has 4 aromatic rings. The summed E-state index contributed by atoms with van der Waals surface area (Å²) in [5.74, 6) is 0.734. The van der Waals surface area contributed by atoms with Crippen molar-refractivity contribution in [3.8, 4) is 17.2 Å². The number of carbonyl (C=O) groups is 1. The van der Waals surface area contributed by atoms with Gasteiger partial charge in [-0.05, 0) is 57.0 Å². The average Bonchev–Trinajstić information content (AvgIpc) is 3.76. The lowest BCUT2D eigenvalue weighted by molar-refractivity contribution is -0.142. The molecule has 0 radical (unpaired) electrons. The van der Waals surface area contributed by atoms with Crippen LogP contribution in [-0.4, -0.2) is 53.4 Å². The molecule has 1 saturated heterocycles. The fourth-order valence-corrected chi connectivity index (χ4v) is 8.61. The zero-order valence-electron chi connectivity index (χ0n) is 23.8. The van der Waals surface area contributed by atoms with Gasteiger partial charge in [0.1, 0.15) is 10.6 Å². The first kappa shape index (κ1) is 28.4. The van der Waals surface area contributed by atoms with Crippen molar-refractivity contribution in [2.24, 2.45) is 0 Å². The van der Waals surface area contributed by atoms with Gasteiger partial charge in [-0.15, -0.1) is 0 Å². The molecule has 0 spiro atoms. The van der Waals surface area contributed by atoms with E-state index in [0.717, 1.165) is 0 Å². The van der Waals surface area contributed by atoms with Crippen molar-refractivity contribution in [3.05, 3.63) is 76.4 Å². The van der Waals surface area contributed by atoms with Crippen molar-refractivity contribution in [2.45, 2.75) is 56.3 Å². The van der Waals surface area contributed by atoms with E-state index in [2.05, 4.69) is 10.3 Å². The number of aryl methyl sites for hydroxylation is 2. The standard InChI is InChI=1S/C29H26F3N5O6S/c1-15-26(16(2)43-34-15)44(39,40)37-20-7-9-21(37)25-22(12-20)36(33-27(25)29(30,31)32)19-6-4-5-17(11-19)28(38)35(3)18-8-10-23-24(13-18)42-14-41-23/h4-6,8,10-11,13,20-21H,7,9,12,14H2,1-3H3/t20-,21?/m1/s1. The van der Waals surface area contributed by atoms with E-state index >= 15 is 0 Å². The summed E-state index contributed by atoms with van der Waals surface area (Å²) in [5.41, 5.74) is 0.110. The van der Waals surface area contributed by atoms with E-state index in [1.807, 2.05) is 0 Å². The highest BCUT2D eigenvalue weighted by Gasteiger charge is 2.54. The average molecular weight is 630 g/mol. The van der Waals surface area contributed by atoms with Crippen LogP contribution in [0.1, 0.15) is 57.6 Å². The minimum absolute atomic E-state index is 0.00674. The van der Waals surface area contributed by atoms with Crippen LogP contribution in [0.2, 0.25) is 0 Å². The topological polar surface area (TPSA) is 120 Å². The van der Waals surface area contributed by atoms with Crippen LogP contribution in [0.5, 0.6) is 11.5 Å². The maximum Gasteiger partial charge on any atom is 0.435 e. The van der Waals surface area contributed by atoms with Crippen LogP contribution >= 0.6 is 0 Å². The first-order valence-electron chi connectivity index (χ1n) is 13.8. The number of fused-ring (bicyclic) bond motifs is 5. The molecule has 0 saturated carbocycles. The summed E-state index contributed by atoms with van der Waals surface area (Å²) in [5, 5.41) is 7.74. The minimum Gasteiger partial charge on any atom is -0.454 e. The second-order valence-electron chi connectivity index (χ2n) is 11.0. The Hall–Kier alpha value is -4.37. The number of sulfonamides is 1. The molecule has 2 atom stereocenters. The highest BCUT2D eigenvalue weighted by Crippen LogP contribution is 2.51. The Morgan fingerprint density at radius 2 is 1.84 bits per heavy atom. The van der Waals surface area contributed by atoms with Gasteiger partial charge in [-0.1, -0.05) is 11.2 Å². The molecule has 1 unspecified atom stereocenters. The van der Waals surface area contributed by atoms with Crippen LogP contribution in [0.25, 0.3) is 5.69 Å². The summed E-state index contributed by atoms with van der Waals surface area (Å²) in [6, 6.07) is 9.58. The van der Waals surface area contributed by atoms with E-state index in [0.29, 0.717) is 23.6 Å². The molecule has 2 aromatic heterocycles. The lowest BCUT2D eigenvalue weighted by Crippen LogP contribution is -2.42. The third kappa shape index (κ3) is 4.28. The van der Waals surface area contributed by atoms with Crippen molar-refractivity contribution in [2.75, 3.05) is 18.7 Å². The molecule has 230 valence electrons. The van der Waals surface area contributed by atoms with Crippen molar-refractivity contribution in [3.63, 3.8) is 0 Å². The molecule has 2 aromatic carbocycles. The molecule has 0 N–H and O–H groups in total. The Morgan fingerprint density at radius 3 is 2.57 bits per heavy atom. The maximum atomic E-state index is 14.5. The zero-order chi connectivity index (χ0) is 31.1. The molecule has 7 rings (SSSR count).